The van der Waals surface area contributed by atoms with Crippen molar-refractivity contribution in [1.29, 1.82) is 0 Å². The van der Waals surface area contributed by atoms with Crippen molar-refractivity contribution < 1.29 is 9.18 Å². The first-order valence-corrected chi connectivity index (χ1v) is 7.40. The highest BCUT2D eigenvalue weighted by molar-refractivity contribution is 5.78. The van der Waals surface area contributed by atoms with Gasteiger partial charge in [-0.1, -0.05) is 12.1 Å². The molecule has 1 aromatic rings. The van der Waals surface area contributed by atoms with Crippen LogP contribution in [0.1, 0.15) is 49.3 Å². The lowest BCUT2D eigenvalue weighted by atomic mass is 9.95. The number of hydrogen-bond acceptors (Lipinski definition) is 2. The number of rotatable bonds is 2. The van der Waals surface area contributed by atoms with E-state index in [-0.39, 0.29) is 23.8 Å². The van der Waals surface area contributed by atoms with Gasteiger partial charge in [0.25, 0.3) is 0 Å². The Morgan fingerprint density at radius 3 is 2.70 bits per heavy atom. The largest absolute Gasteiger partial charge is 0.331 e. The molecule has 1 aromatic carbocycles. The average molecular weight is 276 g/mol. The standard InChI is InChI=1S/C16H21FN2O/c1-10-5-6-11(9-13(10)17)16-14(18)3-2-4-15(20)19(16)12-7-8-12/h5-6,9,12,14,16H,2-4,7-8,18H2,1H3. The van der Waals surface area contributed by atoms with Crippen LogP contribution < -0.4 is 5.73 Å². The fraction of sp³-hybridized carbons (Fsp3) is 0.562. The van der Waals surface area contributed by atoms with E-state index in [9.17, 15) is 9.18 Å². The Labute approximate surface area is 118 Å². The van der Waals surface area contributed by atoms with Crippen LogP contribution in [-0.4, -0.2) is 22.9 Å². The van der Waals surface area contributed by atoms with Crippen LogP contribution in [0, 0.1) is 12.7 Å². The first-order chi connectivity index (χ1) is 9.58. The summed E-state index contributed by atoms with van der Waals surface area (Å²) in [5, 5.41) is 0. The molecule has 1 saturated heterocycles. The van der Waals surface area contributed by atoms with E-state index in [0.717, 1.165) is 31.2 Å². The number of aryl methyl sites for hydroxylation is 1. The predicted molar refractivity (Wildman–Crippen MR) is 75.6 cm³/mol. The highest BCUT2D eigenvalue weighted by Crippen LogP contribution is 2.39. The molecule has 3 rings (SSSR count). The fourth-order valence-corrected chi connectivity index (χ4v) is 3.12. The van der Waals surface area contributed by atoms with Gasteiger partial charge in [-0.15, -0.1) is 0 Å². The minimum Gasteiger partial charge on any atom is -0.331 e. The van der Waals surface area contributed by atoms with Crippen LogP contribution in [0.15, 0.2) is 18.2 Å². The van der Waals surface area contributed by atoms with Gasteiger partial charge in [0, 0.05) is 18.5 Å². The molecular formula is C16H21FN2O. The number of carbonyl (C=O) groups is 1. The van der Waals surface area contributed by atoms with Gasteiger partial charge >= 0.3 is 0 Å². The number of halogens is 1. The summed E-state index contributed by atoms with van der Waals surface area (Å²) in [5.74, 6) is -0.0476. The lowest BCUT2D eigenvalue weighted by molar-refractivity contribution is -0.133. The van der Waals surface area contributed by atoms with Gasteiger partial charge in [-0.25, -0.2) is 4.39 Å². The van der Waals surface area contributed by atoms with Crippen LogP contribution in [0.4, 0.5) is 4.39 Å². The molecule has 2 atom stereocenters. The Morgan fingerprint density at radius 2 is 2.05 bits per heavy atom. The van der Waals surface area contributed by atoms with Crippen molar-refractivity contribution in [2.75, 3.05) is 0 Å². The van der Waals surface area contributed by atoms with Gasteiger partial charge in [0.15, 0.2) is 0 Å². The van der Waals surface area contributed by atoms with Crippen LogP contribution in [0.25, 0.3) is 0 Å². The fourth-order valence-electron chi connectivity index (χ4n) is 3.12. The molecule has 108 valence electrons. The Morgan fingerprint density at radius 1 is 1.30 bits per heavy atom. The third-order valence-corrected chi connectivity index (χ3v) is 4.40. The topological polar surface area (TPSA) is 46.3 Å². The maximum atomic E-state index is 13.9. The maximum absolute atomic E-state index is 13.9. The van der Waals surface area contributed by atoms with Crippen LogP contribution in [0.2, 0.25) is 0 Å². The minimum absolute atomic E-state index is 0.107. The molecule has 0 radical (unpaired) electrons. The second-order valence-electron chi connectivity index (χ2n) is 6.04. The summed E-state index contributed by atoms with van der Waals surface area (Å²) >= 11 is 0. The molecule has 2 aliphatic rings. The molecule has 1 amide bonds. The lowest BCUT2D eigenvalue weighted by Crippen LogP contribution is -2.43. The van der Waals surface area contributed by atoms with Gasteiger partial charge in [-0.3, -0.25) is 4.79 Å². The van der Waals surface area contributed by atoms with Crippen molar-refractivity contribution in [3.63, 3.8) is 0 Å². The number of carbonyl (C=O) groups excluding carboxylic acids is 1. The summed E-state index contributed by atoms with van der Waals surface area (Å²) in [6.45, 7) is 1.75. The molecule has 3 nitrogen and oxygen atoms in total. The Balaban J connectivity index is 2.00. The van der Waals surface area contributed by atoms with Crippen molar-refractivity contribution in [2.45, 2.75) is 57.2 Å². The smallest absolute Gasteiger partial charge is 0.223 e. The molecule has 1 aliphatic heterocycles. The SMILES string of the molecule is Cc1ccc(C2C(N)CCCC(=O)N2C2CC2)cc1F. The summed E-state index contributed by atoms with van der Waals surface area (Å²) in [5.41, 5.74) is 7.76. The third-order valence-electron chi connectivity index (χ3n) is 4.40. The zero-order valence-electron chi connectivity index (χ0n) is 11.8. The van der Waals surface area contributed by atoms with Crippen LogP contribution in [-0.2, 0) is 4.79 Å². The monoisotopic (exact) mass is 276 g/mol. The Kier molecular flexibility index (Phi) is 3.50. The van der Waals surface area contributed by atoms with Gasteiger partial charge in [0.1, 0.15) is 5.82 Å². The van der Waals surface area contributed by atoms with E-state index < -0.39 is 0 Å². The van der Waals surface area contributed by atoms with E-state index in [4.69, 9.17) is 5.73 Å². The molecule has 2 fully saturated rings. The van der Waals surface area contributed by atoms with E-state index in [0.29, 0.717) is 18.0 Å². The number of nitrogens with two attached hydrogens (primary N) is 1. The molecule has 1 aliphatic carbocycles. The first kappa shape index (κ1) is 13.6. The van der Waals surface area contributed by atoms with E-state index in [1.54, 1.807) is 19.1 Å². The number of benzene rings is 1. The van der Waals surface area contributed by atoms with E-state index in [1.165, 1.54) is 0 Å². The normalized spacial score (nSPS) is 27.6. The second kappa shape index (κ2) is 5.17. The van der Waals surface area contributed by atoms with Crippen LogP contribution >= 0.6 is 0 Å². The summed E-state index contributed by atoms with van der Waals surface area (Å²) < 4.78 is 13.9. The van der Waals surface area contributed by atoms with Crippen LogP contribution in [0.3, 0.4) is 0 Å². The van der Waals surface area contributed by atoms with Gasteiger partial charge in [0.2, 0.25) is 5.91 Å². The summed E-state index contributed by atoms with van der Waals surface area (Å²) in [7, 11) is 0. The number of likely N-dealkylation sites (tertiary alicyclic amines) is 1. The van der Waals surface area contributed by atoms with Crippen LogP contribution in [0.5, 0.6) is 0 Å². The number of hydrogen-bond donors (Lipinski definition) is 1. The van der Waals surface area contributed by atoms with E-state index in [2.05, 4.69) is 0 Å². The molecule has 1 heterocycles. The van der Waals surface area contributed by atoms with Gasteiger partial charge < -0.3 is 10.6 Å². The molecule has 0 bridgehead atoms. The van der Waals surface area contributed by atoms with Crippen molar-refractivity contribution in [3.05, 3.63) is 35.1 Å². The molecule has 2 unspecified atom stereocenters. The molecular weight excluding hydrogens is 255 g/mol. The van der Waals surface area contributed by atoms with E-state index in [1.807, 2.05) is 11.0 Å². The van der Waals surface area contributed by atoms with E-state index >= 15 is 0 Å². The zero-order chi connectivity index (χ0) is 14.3. The second-order valence-corrected chi connectivity index (χ2v) is 6.04. The number of amides is 1. The Bertz CT molecular complexity index is 527. The quantitative estimate of drug-likeness (QED) is 0.902. The molecule has 4 heteroatoms. The molecule has 1 saturated carbocycles. The van der Waals surface area contributed by atoms with Crippen molar-refractivity contribution in [1.82, 2.24) is 4.90 Å². The zero-order valence-corrected chi connectivity index (χ0v) is 11.8. The highest BCUT2D eigenvalue weighted by Gasteiger charge is 2.41. The summed E-state index contributed by atoms with van der Waals surface area (Å²) in [4.78, 5) is 14.3. The molecule has 0 spiro atoms. The summed E-state index contributed by atoms with van der Waals surface area (Å²) in [6.07, 6.45) is 4.30. The Hall–Kier alpha value is -1.42. The van der Waals surface area contributed by atoms with Crippen molar-refractivity contribution in [2.24, 2.45) is 5.73 Å². The third kappa shape index (κ3) is 2.44. The summed E-state index contributed by atoms with van der Waals surface area (Å²) in [6, 6.07) is 5.26. The lowest BCUT2D eigenvalue weighted by Gasteiger charge is -2.34. The van der Waals surface area contributed by atoms with Gasteiger partial charge in [-0.2, -0.15) is 0 Å². The maximum Gasteiger partial charge on any atom is 0.223 e. The molecule has 20 heavy (non-hydrogen) atoms. The number of nitrogens with zero attached hydrogens (tertiary/aromatic N) is 1. The predicted octanol–water partition coefficient (Wildman–Crippen LogP) is 2.68. The molecule has 2 N–H and O–H groups in total. The van der Waals surface area contributed by atoms with Gasteiger partial charge in [-0.05, 0) is 49.8 Å². The highest BCUT2D eigenvalue weighted by atomic mass is 19.1. The minimum atomic E-state index is -0.220. The first-order valence-electron chi connectivity index (χ1n) is 7.40. The van der Waals surface area contributed by atoms with Crippen molar-refractivity contribution in [3.8, 4) is 0 Å². The van der Waals surface area contributed by atoms with Crippen molar-refractivity contribution >= 4 is 5.91 Å². The average Bonchev–Trinajstić information content (AvgIpc) is 3.22. The molecule has 0 aromatic heterocycles. The van der Waals surface area contributed by atoms with Gasteiger partial charge in [0.05, 0.1) is 6.04 Å².